The number of hydrogen-bond donors (Lipinski definition) is 1. The largest absolute Gasteiger partial charge is 0.315 e. The minimum Gasteiger partial charge on any atom is -0.315 e. The maximum Gasteiger partial charge on any atom is 0.0252 e. The van der Waals surface area contributed by atoms with Gasteiger partial charge >= 0.3 is 0 Å². The van der Waals surface area contributed by atoms with Gasteiger partial charge in [-0.25, -0.2) is 0 Å². The predicted molar refractivity (Wildman–Crippen MR) is 60.5 cm³/mol. The van der Waals surface area contributed by atoms with Gasteiger partial charge in [0.1, 0.15) is 0 Å². The molecule has 14 heavy (non-hydrogen) atoms. The van der Waals surface area contributed by atoms with Crippen LogP contribution in [-0.2, 0) is 0 Å². The van der Waals surface area contributed by atoms with E-state index in [0.29, 0.717) is 0 Å². The van der Waals surface area contributed by atoms with Crippen LogP contribution in [0.2, 0.25) is 0 Å². The van der Waals surface area contributed by atoms with E-state index in [1.807, 2.05) is 0 Å². The highest BCUT2D eigenvalue weighted by molar-refractivity contribution is 4.89. The van der Waals surface area contributed by atoms with Gasteiger partial charge in [-0.15, -0.1) is 0 Å². The molecule has 0 aromatic heterocycles. The maximum absolute atomic E-state index is 3.55. The first-order valence-corrected chi connectivity index (χ1v) is 6.25. The lowest BCUT2D eigenvalue weighted by Gasteiger charge is -2.40. The van der Waals surface area contributed by atoms with Gasteiger partial charge in [-0.05, 0) is 52.1 Å². The Morgan fingerprint density at radius 2 is 2.07 bits per heavy atom. The van der Waals surface area contributed by atoms with E-state index in [-0.39, 0.29) is 0 Å². The lowest BCUT2D eigenvalue weighted by molar-refractivity contribution is 0.0975. The van der Waals surface area contributed by atoms with Crippen LogP contribution < -0.4 is 5.32 Å². The van der Waals surface area contributed by atoms with Crippen molar-refractivity contribution in [2.24, 2.45) is 5.92 Å². The fourth-order valence-electron chi connectivity index (χ4n) is 3.13. The van der Waals surface area contributed by atoms with Crippen molar-refractivity contribution in [2.45, 2.75) is 51.6 Å². The Balaban J connectivity index is 2.06. The second kappa shape index (κ2) is 4.63. The molecule has 0 saturated carbocycles. The molecule has 0 bridgehead atoms. The molecule has 0 spiro atoms. The summed E-state index contributed by atoms with van der Waals surface area (Å²) < 4.78 is 0. The van der Waals surface area contributed by atoms with Crippen LogP contribution in [0.1, 0.15) is 39.5 Å². The Labute approximate surface area is 88.1 Å². The molecular formula is C12H24N2. The van der Waals surface area contributed by atoms with Crippen LogP contribution in [0.4, 0.5) is 0 Å². The Morgan fingerprint density at radius 1 is 1.21 bits per heavy atom. The number of nitrogens with zero attached hydrogens (tertiary/aromatic N) is 1. The molecule has 2 aliphatic rings. The molecule has 2 heterocycles. The SMILES string of the molecule is CC(C)N1CCCCC2CCNCC21. The normalized spacial score (nSPS) is 35.4. The van der Waals surface area contributed by atoms with E-state index in [2.05, 4.69) is 24.1 Å². The van der Waals surface area contributed by atoms with E-state index >= 15 is 0 Å². The minimum atomic E-state index is 0.723. The van der Waals surface area contributed by atoms with E-state index in [9.17, 15) is 0 Å². The van der Waals surface area contributed by atoms with E-state index < -0.39 is 0 Å². The molecule has 2 atom stereocenters. The molecule has 2 heteroatoms. The lowest BCUT2D eigenvalue weighted by Crippen LogP contribution is -2.52. The minimum absolute atomic E-state index is 0.723. The summed E-state index contributed by atoms with van der Waals surface area (Å²) in [6.07, 6.45) is 5.72. The van der Waals surface area contributed by atoms with Crippen LogP contribution in [0.5, 0.6) is 0 Å². The highest BCUT2D eigenvalue weighted by Crippen LogP contribution is 2.28. The molecule has 1 N–H and O–H groups in total. The zero-order chi connectivity index (χ0) is 9.97. The van der Waals surface area contributed by atoms with E-state index in [0.717, 1.165) is 18.0 Å². The molecule has 0 radical (unpaired) electrons. The standard InChI is InChI=1S/C12H24N2/c1-10(2)14-8-4-3-5-11-6-7-13-9-12(11)14/h10-13H,3-9H2,1-2H3. The van der Waals surface area contributed by atoms with Crippen LogP contribution in [-0.4, -0.2) is 36.6 Å². The molecule has 82 valence electrons. The first-order chi connectivity index (χ1) is 6.79. The molecule has 0 aromatic rings. The van der Waals surface area contributed by atoms with Crippen LogP contribution in [0, 0.1) is 5.92 Å². The summed E-state index contributed by atoms with van der Waals surface area (Å²) in [4.78, 5) is 2.73. The van der Waals surface area contributed by atoms with E-state index in [4.69, 9.17) is 0 Å². The molecule has 0 aromatic carbocycles. The molecular weight excluding hydrogens is 172 g/mol. The average molecular weight is 196 g/mol. The molecule has 2 fully saturated rings. The number of piperidine rings is 1. The van der Waals surface area contributed by atoms with Gasteiger partial charge in [-0.3, -0.25) is 4.90 Å². The number of rotatable bonds is 1. The smallest absolute Gasteiger partial charge is 0.0252 e. The summed E-state index contributed by atoms with van der Waals surface area (Å²) in [6, 6.07) is 1.55. The number of fused-ring (bicyclic) bond motifs is 1. The topological polar surface area (TPSA) is 15.3 Å². The molecule has 0 amide bonds. The summed E-state index contributed by atoms with van der Waals surface area (Å²) in [7, 11) is 0. The van der Waals surface area contributed by atoms with Crippen LogP contribution in [0.15, 0.2) is 0 Å². The number of hydrogen-bond acceptors (Lipinski definition) is 2. The van der Waals surface area contributed by atoms with Crippen molar-refractivity contribution in [3.05, 3.63) is 0 Å². The van der Waals surface area contributed by atoms with Crippen molar-refractivity contribution in [3.8, 4) is 0 Å². The first kappa shape index (κ1) is 10.4. The fourth-order valence-corrected chi connectivity index (χ4v) is 3.13. The second-order valence-corrected chi connectivity index (χ2v) is 5.15. The van der Waals surface area contributed by atoms with Crippen LogP contribution in [0.3, 0.4) is 0 Å². The van der Waals surface area contributed by atoms with Crippen molar-refractivity contribution >= 4 is 0 Å². The van der Waals surface area contributed by atoms with Crippen LogP contribution >= 0.6 is 0 Å². The maximum atomic E-state index is 3.55. The van der Waals surface area contributed by atoms with Gasteiger partial charge < -0.3 is 5.32 Å². The van der Waals surface area contributed by atoms with Gasteiger partial charge in [0.15, 0.2) is 0 Å². The Kier molecular flexibility index (Phi) is 3.45. The zero-order valence-corrected chi connectivity index (χ0v) is 9.63. The van der Waals surface area contributed by atoms with Gasteiger partial charge in [0, 0.05) is 18.6 Å². The Bertz CT molecular complexity index is 179. The van der Waals surface area contributed by atoms with Crippen molar-refractivity contribution in [1.29, 1.82) is 0 Å². The third-order valence-corrected chi connectivity index (χ3v) is 3.92. The summed E-state index contributed by atoms with van der Waals surface area (Å²) >= 11 is 0. The molecule has 2 nitrogen and oxygen atoms in total. The Morgan fingerprint density at radius 3 is 2.86 bits per heavy atom. The van der Waals surface area contributed by atoms with Crippen molar-refractivity contribution in [2.75, 3.05) is 19.6 Å². The first-order valence-electron chi connectivity index (χ1n) is 6.25. The van der Waals surface area contributed by atoms with Gasteiger partial charge in [-0.1, -0.05) is 6.42 Å². The van der Waals surface area contributed by atoms with E-state index in [1.165, 1.54) is 45.3 Å². The number of likely N-dealkylation sites (tertiary alicyclic amines) is 1. The second-order valence-electron chi connectivity index (χ2n) is 5.15. The van der Waals surface area contributed by atoms with Crippen LogP contribution in [0.25, 0.3) is 0 Å². The summed E-state index contributed by atoms with van der Waals surface area (Å²) in [5, 5.41) is 3.55. The molecule has 2 saturated heterocycles. The lowest BCUT2D eigenvalue weighted by atomic mass is 9.88. The highest BCUT2D eigenvalue weighted by Gasteiger charge is 2.32. The fraction of sp³-hybridized carbons (Fsp3) is 1.00. The Hall–Kier alpha value is -0.0800. The predicted octanol–water partition coefficient (Wildman–Crippen LogP) is 1.86. The third kappa shape index (κ3) is 2.12. The summed E-state index contributed by atoms with van der Waals surface area (Å²) in [6.45, 7) is 8.48. The van der Waals surface area contributed by atoms with Crippen molar-refractivity contribution in [3.63, 3.8) is 0 Å². The van der Waals surface area contributed by atoms with E-state index in [1.54, 1.807) is 0 Å². The molecule has 0 aliphatic carbocycles. The summed E-state index contributed by atoms with van der Waals surface area (Å²) in [5.41, 5.74) is 0. The molecule has 2 aliphatic heterocycles. The molecule has 2 unspecified atom stereocenters. The quantitative estimate of drug-likeness (QED) is 0.688. The van der Waals surface area contributed by atoms with Gasteiger partial charge in [0.05, 0.1) is 0 Å². The van der Waals surface area contributed by atoms with Gasteiger partial charge in [-0.2, -0.15) is 0 Å². The monoisotopic (exact) mass is 196 g/mol. The van der Waals surface area contributed by atoms with Gasteiger partial charge in [0.25, 0.3) is 0 Å². The highest BCUT2D eigenvalue weighted by atomic mass is 15.2. The summed E-state index contributed by atoms with van der Waals surface area (Å²) in [5.74, 6) is 0.973. The van der Waals surface area contributed by atoms with Crippen molar-refractivity contribution < 1.29 is 0 Å². The molecule has 2 rings (SSSR count). The third-order valence-electron chi connectivity index (χ3n) is 3.92. The zero-order valence-electron chi connectivity index (χ0n) is 9.63. The van der Waals surface area contributed by atoms with Gasteiger partial charge in [0.2, 0.25) is 0 Å². The van der Waals surface area contributed by atoms with Crippen molar-refractivity contribution in [1.82, 2.24) is 10.2 Å². The number of nitrogens with one attached hydrogen (secondary N) is 1. The average Bonchev–Trinajstić information content (AvgIpc) is 2.39.